The Kier molecular flexibility index (Phi) is 7.35. The van der Waals surface area contributed by atoms with E-state index in [1.54, 1.807) is 31.4 Å². The molecule has 3 heterocycles. The molecule has 0 spiro atoms. The van der Waals surface area contributed by atoms with Crippen molar-refractivity contribution < 1.29 is 27.4 Å². The zero-order valence-corrected chi connectivity index (χ0v) is 21.2. The zero-order valence-electron chi connectivity index (χ0n) is 20.4. The summed E-state index contributed by atoms with van der Waals surface area (Å²) in [6.45, 7) is 5.05. The third kappa shape index (κ3) is 5.16. The van der Waals surface area contributed by atoms with Gasteiger partial charge in [0, 0.05) is 26.2 Å². The molecule has 1 aromatic heterocycles. The highest BCUT2D eigenvalue weighted by Crippen LogP contribution is 2.28. The van der Waals surface area contributed by atoms with Gasteiger partial charge in [0.2, 0.25) is 15.9 Å². The molecule has 36 heavy (non-hydrogen) atoms. The second kappa shape index (κ2) is 10.7. The van der Waals surface area contributed by atoms with Crippen molar-refractivity contribution >= 4 is 20.9 Å². The lowest BCUT2D eigenvalue weighted by Crippen LogP contribution is -2.49. The molecule has 0 aliphatic carbocycles. The minimum absolute atomic E-state index is 0.117. The molecule has 2 aromatic carbocycles. The van der Waals surface area contributed by atoms with E-state index in [-0.39, 0.29) is 23.8 Å². The maximum Gasteiger partial charge on any atom is 0.243 e. The molecule has 2 atom stereocenters. The largest absolute Gasteiger partial charge is 0.497 e. The molecule has 3 aromatic rings. The van der Waals surface area contributed by atoms with Gasteiger partial charge in [0.1, 0.15) is 31.1 Å². The number of nitrogens with zero attached hydrogens (tertiary/aromatic N) is 4. The van der Waals surface area contributed by atoms with Crippen LogP contribution in [0.2, 0.25) is 0 Å². The number of piperazine rings is 1. The molecule has 11 heteroatoms. The van der Waals surface area contributed by atoms with Crippen LogP contribution in [0.3, 0.4) is 0 Å². The summed E-state index contributed by atoms with van der Waals surface area (Å²) in [5, 5.41) is 0.836. The second-order valence-corrected chi connectivity index (χ2v) is 10.7. The maximum absolute atomic E-state index is 13.1. The van der Waals surface area contributed by atoms with E-state index < -0.39 is 10.0 Å². The summed E-state index contributed by atoms with van der Waals surface area (Å²) < 4.78 is 49.7. The highest BCUT2D eigenvalue weighted by molar-refractivity contribution is 7.89. The molecular formula is C25H30N4O6S. The number of hydrogen-bond acceptors (Lipinski definition) is 9. The molecule has 2 aliphatic heterocycles. The monoisotopic (exact) mass is 514 g/mol. The van der Waals surface area contributed by atoms with E-state index in [4.69, 9.17) is 28.9 Å². The Hall–Kier alpha value is -2.83. The fraction of sp³-hybridized carbons (Fsp3) is 0.440. The first-order valence-electron chi connectivity index (χ1n) is 11.9. The first kappa shape index (κ1) is 24.8. The fourth-order valence-electron chi connectivity index (χ4n) is 4.39. The van der Waals surface area contributed by atoms with Gasteiger partial charge in [0.15, 0.2) is 0 Å². The Morgan fingerprint density at radius 3 is 2.50 bits per heavy atom. The van der Waals surface area contributed by atoms with Crippen molar-refractivity contribution in [3.63, 3.8) is 0 Å². The third-order valence-electron chi connectivity index (χ3n) is 6.57. The molecule has 192 valence electrons. The molecule has 0 radical (unpaired) electrons. The minimum atomic E-state index is -3.57. The number of sulfonamides is 1. The first-order valence-corrected chi connectivity index (χ1v) is 13.4. The molecular weight excluding hydrogens is 484 g/mol. The van der Waals surface area contributed by atoms with Gasteiger partial charge < -0.3 is 18.9 Å². The van der Waals surface area contributed by atoms with Crippen LogP contribution in [0.1, 0.15) is 18.8 Å². The molecule has 2 unspecified atom stereocenters. The van der Waals surface area contributed by atoms with Gasteiger partial charge in [-0.2, -0.15) is 9.29 Å². The predicted molar refractivity (Wildman–Crippen MR) is 132 cm³/mol. The maximum atomic E-state index is 13.1. The van der Waals surface area contributed by atoms with Crippen molar-refractivity contribution in [1.82, 2.24) is 19.2 Å². The Morgan fingerprint density at radius 2 is 1.81 bits per heavy atom. The van der Waals surface area contributed by atoms with Crippen molar-refractivity contribution in [2.45, 2.75) is 24.0 Å². The number of aromatic nitrogens is 2. The molecule has 10 nitrogen and oxygen atoms in total. The van der Waals surface area contributed by atoms with E-state index in [9.17, 15) is 8.42 Å². The fourth-order valence-corrected chi connectivity index (χ4v) is 5.82. The van der Waals surface area contributed by atoms with Crippen LogP contribution in [0.25, 0.3) is 10.9 Å². The van der Waals surface area contributed by atoms with Gasteiger partial charge in [0.05, 0.1) is 35.6 Å². The van der Waals surface area contributed by atoms with Crippen LogP contribution in [0.4, 0.5) is 0 Å². The average Bonchev–Trinajstić information content (AvgIpc) is 3.45. The van der Waals surface area contributed by atoms with Crippen LogP contribution in [-0.2, 0) is 19.5 Å². The smallest absolute Gasteiger partial charge is 0.243 e. The van der Waals surface area contributed by atoms with Crippen LogP contribution < -0.4 is 9.47 Å². The Bertz CT molecular complexity index is 1290. The molecule has 0 saturated carbocycles. The number of ether oxygens (including phenoxy) is 4. The van der Waals surface area contributed by atoms with Crippen molar-refractivity contribution in [3.05, 3.63) is 54.4 Å². The summed E-state index contributed by atoms with van der Waals surface area (Å²) in [5.41, 5.74) is 0.800. The number of rotatable bonds is 8. The van der Waals surface area contributed by atoms with Crippen LogP contribution in [0, 0.1) is 0 Å². The lowest BCUT2D eigenvalue weighted by molar-refractivity contribution is 0.0315. The van der Waals surface area contributed by atoms with E-state index in [1.807, 2.05) is 31.2 Å². The Morgan fingerprint density at radius 1 is 1.06 bits per heavy atom. The second-order valence-electron chi connectivity index (χ2n) is 8.78. The van der Waals surface area contributed by atoms with E-state index in [0.29, 0.717) is 56.8 Å². The summed E-state index contributed by atoms with van der Waals surface area (Å²) in [4.78, 5) is 12.0. The van der Waals surface area contributed by atoms with Gasteiger partial charge in [-0.25, -0.2) is 13.4 Å². The molecule has 2 saturated heterocycles. The summed E-state index contributed by atoms with van der Waals surface area (Å²) in [5.74, 6) is 1.77. The lowest BCUT2D eigenvalue weighted by Gasteiger charge is -2.36. The molecule has 0 amide bonds. The van der Waals surface area contributed by atoms with Crippen LogP contribution >= 0.6 is 0 Å². The summed E-state index contributed by atoms with van der Waals surface area (Å²) in [6.07, 6.45) is -0.125. The summed E-state index contributed by atoms with van der Waals surface area (Å²) >= 11 is 0. The molecule has 2 fully saturated rings. The van der Waals surface area contributed by atoms with Crippen LogP contribution in [0.15, 0.2) is 53.4 Å². The van der Waals surface area contributed by atoms with Gasteiger partial charge in [-0.1, -0.05) is 12.1 Å². The van der Waals surface area contributed by atoms with Crippen molar-refractivity contribution in [3.8, 4) is 11.6 Å². The summed E-state index contributed by atoms with van der Waals surface area (Å²) in [7, 11) is -2.02. The number of methoxy groups -OCH3 is 1. The van der Waals surface area contributed by atoms with Crippen LogP contribution in [0.5, 0.6) is 11.6 Å². The SMILES string of the molecule is COc1ccc(S(=O)(=O)N2CCN(C(C)c3nc(OCC4COCO4)c4ccccc4n3)CC2)cc1. The highest BCUT2D eigenvalue weighted by atomic mass is 32.2. The number of para-hydroxylation sites is 1. The lowest BCUT2D eigenvalue weighted by atomic mass is 10.2. The average molecular weight is 515 g/mol. The van der Waals surface area contributed by atoms with Gasteiger partial charge in [-0.15, -0.1) is 0 Å². The van der Waals surface area contributed by atoms with Crippen molar-refractivity contribution in [2.24, 2.45) is 0 Å². The number of hydrogen-bond donors (Lipinski definition) is 0. The van der Waals surface area contributed by atoms with Gasteiger partial charge in [-0.05, 0) is 43.3 Å². The number of fused-ring (bicyclic) bond motifs is 1. The van der Waals surface area contributed by atoms with E-state index in [2.05, 4.69) is 4.90 Å². The number of benzene rings is 2. The topological polar surface area (TPSA) is 103 Å². The van der Waals surface area contributed by atoms with Crippen molar-refractivity contribution in [1.29, 1.82) is 0 Å². The molecule has 2 aliphatic rings. The van der Waals surface area contributed by atoms with Gasteiger partial charge >= 0.3 is 0 Å². The van der Waals surface area contributed by atoms with Crippen molar-refractivity contribution in [2.75, 3.05) is 53.3 Å². The van der Waals surface area contributed by atoms with E-state index in [1.165, 1.54) is 4.31 Å². The molecule has 0 N–H and O–H groups in total. The highest BCUT2D eigenvalue weighted by Gasteiger charge is 2.31. The predicted octanol–water partition coefficient (Wildman–Crippen LogP) is 2.46. The Balaban J connectivity index is 1.29. The van der Waals surface area contributed by atoms with E-state index in [0.717, 1.165) is 10.9 Å². The first-order chi connectivity index (χ1) is 17.5. The van der Waals surface area contributed by atoms with Gasteiger partial charge in [-0.3, -0.25) is 4.90 Å². The zero-order chi connectivity index (χ0) is 25.1. The quantitative estimate of drug-likeness (QED) is 0.448. The molecule has 0 bridgehead atoms. The molecule has 5 rings (SSSR count). The van der Waals surface area contributed by atoms with E-state index >= 15 is 0 Å². The van der Waals surface area contributed by atoms with Gasteiger partial charge in [0.25, 0.3) is 0 Å². The standard InChI is InChI=1S/C25H30N4O6S/c1-18(28-11-13-29(14-12-28)36(30,31)21-9-7-19(32-2)8-10-21)24-26-23-6-4-3-5-22(23)25(27-24)34-16-20-15-33-17-35-20/h3-10,18,20H,11-17H2,1-2H3. The minimum Gasteiger partial charge on any atom is -0.497 e. The Labute approximate surface area is 210 Å². The normalized spacial score (nSPS) is 20.4. The third-order valence-corrected chi connectivity index (χ3v) is 8.49. The van der Waals surface area contributed by atoms with Crippen LogP contribution in [-0.4, -0.2) is 87.0 Å². The summed E-state index contributed by atoms with van der Waals surface area (Å²) in [6, 6.07) is 14.1.